The fraction of sp³-hybridized carbons (Fsp3) is 0.786. The van der Waals surface area contributed by atoms with Gasteiger partial charge in [-0.3, -0.25) is 0 Å². The first-order valence-corrected chi connectivity index (χ1v) is 9.63. The molecule has 0 aromatic heterocycles. The van der Waals surface area contributed by atoms with Crippen LogP contribution in [0.2, 0.25) is 0 Å². The van der Waals surface area contributed by atoms with Gasteiger partial charge in [-0.25, -0.2) is 0 Å². The first kappa shape index (κ1) is 22.1. The van der Waals surface area contributed by atoms with Crippen molar-refractivity contribution in [2.24, 2.45) is 16.5 Å². The van der Waals surface area contributed by atoms with Crippen molar-refractivity contribution in [1.29, 1.82) is 0 Å². The molecule has 4 N–H and O–H groups in total. The van der Waals surface area contributed by atoms with Gasteiger partial charge in [-0.15, -0.1) is 0 Å². The van der Waals surface area contributed by atoms with Gasteiger partial charge in [-0.2, -0.15) is 12.6 Å². The summed E-state index contributed by atoms with van der Waals surface area (Å²) in [7, 11) is 3.47. The fourth-order valence-corrected chi connectivity index (χ4v) is 3.02. The van der Waals surface area contributed by atoms with E-state index < -0.39 is 0 Å². The maximum atomic E-state index is 12.4. The summed E-state index contributed by atoms with van der Waals surface area (Å²) in [4.78, 5) is 35.9. The van der Waals surface area contributed by atoms with E-state index in [0.29, 0.717) is 38.2 Å². The zero-order valence-electron chi connectivity index (χ0n) is 14.3. The number of hydrogen-bond acceptors (Lipinski definition) is 6. The number of amides is 3. The Morgan fingerprint density at radius 3 is 2.36 bits per heavy atom. The second-order valence-electron chi connectivity index (χ2n) is 5.83. The van der Waals surface area contributed by atoms with Gasteiger partial charge in [0.1, 0.15) is 0 Å². The molecular formula is C14H27BN5O3PS. The van der Waals surface area contributed by atoms with E-state index in [4.69, 9.17) is 0 Å². The number of nitrogens with one attached hydrogen (secondary N) is 4. The summed E-state index contributed by atoms with van der Waals surface area (Å²) in [6, 6.07) is 0. The first-order valence-electron chi connectivity index (χ1n) is 8.48. The Balaban J connectivity index is 2.31. The van der Waals surface area contributed by atoms with Gasteiger partial charge in [0.25, 0.3) is 0 Å². The van der Waals surface area contributed by atoms with Crippen molar-refractivity contribution in [3.05, 3.63) is 0 Å². The van der Waals surface area contributed by atoms with Crippen molar-refractivity contribution < 1.29 is 14.4 Å². The molecule has 8 nitrogen and oxygen atoms in total. The van der Waals surface area contributed by atoms with Crippen LogP contribution in [0.1, 0.15) is 25.7 Å². The summed E-state index contributed by atoms with van der Waals surface area (Å²) in [5.74, 6) is -0.405. The minimum absolute atomic E-state index is 0.0971. The standard InChI is InChI=1S/C14H27BN5O3PS/c21-12(17-7-8-25)9-16-5-6-18-13(22)10-3-1-2-4-11(10)14(23)19-15-20-24/h10-11,16,25H,1-9,24H2,(H,17,21)(H,18,22)(H,19,23)/t10-,11+/m0/s1. The predicted octanol–water partition coefficient (Wildman–Crippen LogP) is -0.746. The van der Waals surface area contributed by atoms with Crippen LogP contribution >= 0.6 is 22.0 Å². The molecular weight excluding hydrogens is 360 g/mol. The van der Waals surface area contributed by atoms with Crippen LogP contribution in [0, 0.1) is 11.8 Å². The molecule has 0 aromatic carbocycles. The van der Waals surface area contributed by atoms with Crippen molar-refractivity contribution in [2.45, 2.75) is 25.7 Å². The summed E-state index contributed by atoms with van der Waals surface area (Å²) >= 11 is 4.01. The van der Waals surface area contributed by atoms with Crippen LogP contribution in [0.4, 0.5) is 0 Å². The molecule has 140 valence electrons. The van der Waals surface area contributed by atoms with Crippen LogP contribution in [0.25, 0.3) is 0 Å². The smallest absolute Gasteiger partial charge is 0.178 e. The molecule has 25 heavy (non-hydrogen) atoms. The van der Waals surface area contributed by atoms with Crippen molar-refractivity contribution >= 4 is 46.9 Å². The Morgan fingerprint density at radius 1 is 1.04 bits per heavy atom. The molecule has 0 heterocycles. The molecule has 0 aromatic rings. The molecule has 1 saturated carbocycles. The van der Waals surface area contributed by atoms with E-state index in [1.807, 2.05) is 0 Å². The summed E-state index contributed by atoms with van der Waals surface area (Å²) in [6.45, 7) is 1.64. The molecule has 0 saturated heterocycles. The Bertz CT molecular complexity index is 483. The third kappa shape index (κ3) is 8.78. The number of carbonyl (C=O) groups excluding carboxylic acids is 3. The number of thiol groups is 1. The zero-order chi connectivity index (χ0) is 18.5. The van der Waals surface area contributed by atoms with Gasteiger partial charge in [0.15, 0.2) is 0 Å². The van der Waals surface area contributed by atoms with Gasteiger partial charge >= 0.3 is 132 Å². The fourth-order valence-electron chi connectivity index (χ4n) is 2.83. The summed E-state index contributed by atoms with van der Waals surface area (Å²) in [6.07, 6.45) is 3.31. The van der Waals surface area contributed by atoms with E-state index in [1.54, 1.807) is 0 Å². The molecule has 3 amide bonds. The second-order valence-corrected chi connectivity index (χ2v) is 6.57. The van der Waals surface area contributed by atoms with Gasteiger partial charge in [-0.05, 0) is 0 Å². The third-order valence-corrected chi connectivity index (χ3v) is 4.41. The normalized spacial score (nSPS) is 19.9. The average Bonchev–Trinajstić information content (AvgIpc) is 2.63. The van der Waals surface area contributed by atoms with Gasteiger partial charge < -0.3 is 0 Å². The second kappa shape index (κ2) is 13.2. The number of rotatable bonds is 10. The van der Waals surface area contributed by atoms with Crippen LogP contribution in [-0.4, -0.2) is 56.9 Å². The predicted molar refractivity (Wildman–Crippen MR) is 104 cm³/mol. The average molecular weight is 387 g/mol. The van der Waals surface area contributed by atoms with E-state index in [2.05, 4.69) is 47.9 Å². The molecule has 3 atom stereocenters. The summed E-state index contributed by atoms with van der Waals surface area (Å²) < 4.78 is 3.66. The molecule has 1 unspecified atom stereocenters. The molecule has 0 bridgehead atoms. The zero-order valence-corrected chi connectivity index (χ0v) is 16.3. The minimum Gasteiger partial charge on any atom is -0.178 e. The molecule has 0 radical (unpaired) electrons. The molecule has 0 spiro atoms. The molecule has 0 aliphatic heterocycles. The number of hydrogen-bond donors (Lipinski definition) is 5. The minimum atomic E-state index is -0.322. The topological polar surface area (TPSA) is 112 Å². The Labute approximate surface area is 157 Å². The molecule has 1 aliphatic rings. The quantitative estimate of drug-likeness (QED) is 0.147. The van der Waals surface area contributed by atoms with E-state index in [0.717, 1.165) is 12.8 Å². The van der Waals surface area contributed by atoms with Crippen molar-refractivity contribution in [2.75, 3.05) is 31.9 Å². The molecule has 1 aliphatic carbocycles. The van der Waals surface area contributed by atoms with E-state index in [9.17, 15) is 14.4 Å². The third-order valence-electron chi connectivity index (χ3n) is 4.04. The Hall–Kier alpha value is -0.985. The van der Waals surface area contributed by atoms with Crippen molar-refractivity contribution in [3.8, 4) is 0 Å². The monoisotopic (exact) mass is 387 g/mol. The first-order chi connectivity index (χ1) is 12.1. The summed E-state index contributed by atoms with van der Waals surface area (Å²) in [5.41, 5.74) is 0. The van der Waals surface area contributed by atoms with Crippen LogP contribution in [-0.2, 0) is 14.4 Å². The molecule has 1 rings (SSSR count). The SMILES string of the molecule is O=C(CNCCNC(=O)[C@H]1CCCC[C@H]1C(=O)NB=NP)NCCS. The van der Waals surface area contributed by atoms with E-state index in [-0.39, 0.29) is 36.1 Å². The Morgan fingerprint density at radius 2 is 1.72 bits per heavy atom. The molecule has 11 heteroatoms. The van der Waals surface area contributed by atoms with Gasteiger partial charge in [-0.1, -0.05) is 0 Å². The van der Waals surface area contributed by atoms with Crippen LogP contribution < -0.4 is 21.2 Å². The van der Waals surface area contributed by atoms with E-state index in [1.165, 1.54) is 7.21 Å². The number of carbonyl (C=O) groups is 3. The van der Waals surface area contributed by atoms with Gasteiger partial charge in [0.05, 0.1) is 0 Å². The number of nitrogens with zero attached hydrogens (tertiary/aromatic N) is 1. The van der Waals surface area contributed by atoms with Gasteiger partial charge in [0, 0.05) is 12.3 Å². The van der Waals surface area contributed by atoms with Crippen LogP contribution in [0.3, 0.4) is 0 Å². The Kier molecular flexibility index (Phi) is 11.7. The van der Waals surface area contributed by atoms with E-state index >= 15 is 0 Å². The van der Waals surface area contributed by atoms with Crippen molar-refractivity contribution in [3.63, 3.8) is 0 Å². The van der Waals surface area contributed by atoms with Crippen LogP contribution in [0.15, 0.2) is 4.67 Å². The maximum absolute atomic E-state index is 12.4. The van der Waals surface area contributed by atoms with Crippen LogP contribution in [0.5, 0.6) is 0 Å². The summed E-state index contributed by atoms with van der Waals surface area (Å²) in [5, 5.41) is 11.1. The van der Waals surface area contributed by atoms with Gasteiger partial charge in [0.2, 0.25) is 0 Å². The molecule has 1 fully saturated rings. The van der Waals surface area contributed by atoms with Crippen molar-refractivity contribution in [1.82, 2.24) is 21.2 Å².